The van der Waals surface area contributed by atoms with Crippen LogP contribution in [0, 0.1) is 0 Å². The molecule has 0 aliphatic heterocycles. The van der Waals surface area contributed by atoms with E-state index in [9.17, 15) is 5.11 Å². The number of hydrogen-bond donors (Lipinski definition) is 2. The molecule has 0 aliphatic rings. The van der Waals surface area contributed by atoms with Crippen molar-refractivity contribution in [2.45, 2.75) is 4.44 Å². The van der Waals surface area contributed by atoms with Crippen molar-refractivity contribution in [2.75, 3.05) is 7.11 Å². The van der Waals surface area contributed by atoms with Crippen molar-refractivity contribution in [1.29, 1.82) is 0 Å². The molecule has 74 valence electrons. The van der Waals surface area contributed by atoms with Crippen LogP contribution in [0.2, 0.25) is 4.44 Å². The van der Waals surface area contributed by atoms with Crippen LogP contribution in [0.5, 0.6) is 11.5 Å². The average molecular weight is 299 g/mol. The van der Waals surface area contributed by atoms with Gasteiger partial charge >= 0.3 is 93.8 Å². The second-order valence-electron chi connectivity index (χ2n) is 2.70. The summed E-state index contributed by atoms with van der Waals surface area (Å²) in [6.45, 7) is 0. The van der Waals surface area contributed by atoms with Gasteiger partial charge in [-0.1, -0.05) is 0 Å². The van der Waals surface area contributed by atoms with Crippen LogP contribution < -0.4 is 4.74 Å². The first-order valence-corrected chi connectivity index (χ1v) is 7.48. The molecule has 0 aliphatic carbocycles. The zero-order valence-corrected chi connectivity index (χ0v) is 10.8. The predicted octanol–water partition coefficient (Wildman–Crippen LogP) is 1.44. The molecule has 14 heavy (non-hydrogen) atoms. The Hall–Kier alpha value is -0.681. The summed E-state index contributed by atoms with van der Waals surface area (Å²) in [6, 6.07) is 5.16. The second kappa shape index (κ2) is 5.93. The fraction of sp³-hybridized carbons (Fsp3) is 0.200. The number of phenolic OH excluding ortho intramolecular Hbond substituents is 1. The van der Waals surface area contributed by atoms with Crippen LogP contribution in [-0.2, 0) is 0 Å². The molecule has 2 N–H and O–H groups in total. The summed E-state index contributed by atoms with van der Waals surface area (Å²) in [5.74, 6) is 0.611. The number of allylic oxidation sites excluding steroid dienone is 1. The molecule has 0 saturated heterocycles. The monoisotopic (exact) mass is 300 g/mol. The summed E-state index contributed by atoms with van der Waals surface area (Å²) < 4.78 is 14.5. The minimum atomic E-state index is -1.12. The number of phenols is 1. The quantitative estimate of drug-likeness (QED) is 0.827. The van der Waals surface area contributed by atoms with E-state index in [4.69, 9.17) is 8.18 Å². The Morgan fingerprint density at radius 1 is 1.50 bits per heavy atom. The van der Waals surface area contributed by atoms with Gasteiger partial charge in [-0.05, 0) is 0 Å². The van der Waals surface area contributed by atoms with Crippen LogP contribution in [-0.4, -0.2) is 37.2 Å². The van der Waals surface area contributed by atoms with E-state index in [-0.39, 0.29) is 5.75 Å². The second-order valence-corrected chi connectivity index (χ2v) is 4.76. The Balaban J connectivity index is 2.79. The van der Waals surface area contributed by atoms with E-state index in [0.29, 0.717) is 5.75 Å². The van der Waals surface area contributed by atoms with E-state index in [1.165, 1.54) is 7.11 Å². The van der Waals surface area contributed by atoms with Gasteiger partial charge in [-0.25, -0.2) is 0 Å². The van der Waals surface area contributed by atoms with Crippen LogP contribution in [0.3, 0.4) is 0 Å². The Labute approximate surface area is 93.8 Å². The topological polar surface area (TPSA) is 49.7 Å². The van der Waals surface area contributed by atoms with Crippen LogP contribution in [0.4, 0.5) is 0 Å². The van der Waals surface area contributed by atoms with Crippen LogP contribution in [0.1, 0.15) is 5.56 Å². The first kappa shape index (κ1) is 11.4. The summed E-state index contributed by atoms with van der Waals surface area (Å²) in [5, 5.41) is 9.33. The van der Waals surface area contributed by atoms with Gasteiger partial charge in [0.1, 0.15) is 0 Å². The summed E-state index contributed by atoms with van der Waals surface area (Å²) in [7, 11) is 1.52. The molecule has 0 aromatic heterocycles. The third kappa shape index (κ3) is 3.23. The zero-order valence-electron chi connectivity index (χ0n) is 7.90. The van der Waals surface area contributed by atoms with E-state index in [1.807, 2.05) is 12.2 Å². The summed E-state index contributed by atoms with van der Waals surface area (Å²) in [4.78, 5) is 0. The Kier molecular flexibility index (Phi) is 4.82. The predicted molar refractivity (Wildman–Crippen MR) is 56.5 cm³/mol. The summed E-state index contributed by atoms with van der Waals surface area (Å²) in [6.07, 6.45) is 3.86. The van der Waals surface area contributed by atoms with Gasteiger partial charge < -0.3 is 0 Å². The van der Waals surface area contributed by atoms with E-state index < -0.39 is 21.6 Å². The SMILES string of the molecule is COc1cc(C=C[CH2][Sn][OH])ccc1O. The third-order valence-corrected chi connectivity index (χ3v) is 2.92. The fourth-order valence-corrected chi connectivity index (χ4v) is 1.68. The van der Waals surface area contributed by atoms with Crippen molar-refractivity contribution in [1.82, 2.24) is 0 Å². The molecule has 1 aromatic rings. The number of ether oxygens (including phenoxy) is 1. The van der Waals surface area contributed by atoms with Crippen molar-refractivity contribution >= 4 is 27.6 Å². The average Bonchev–Trinajstić information content (AvgIpc) is 2.21. The minimum absolute atomic E-state index is 0.142. The molecule has 4 heteroatoms. The number of hydrogen-bond acceptors (Lipinski definition) is 3. The Morgan fingerprint density at radius 3 is 2.93 bits per heavy atom. The van der Waals surface area contributed by atoms with Crippen LogP contribution in [0.25, 0.3) is 6.08 Å². The van der Waals surface area contributed by atoms with Crippen LogP contribution in [0.15, 0.2) is 24.3 Å². The summed E-state index contributed by atoms with van der Waals surface area (Å²) >= 11 is -1.12. The van der Waals surface area contributed by atoms with Crippen molar-refractivity contribution in [3.05, 3.63) is 29.8 Å². The van der Waals surface area contributed by atoms with Gasteiger partial charge in [0.2, 0.25) is 0 Å². The fourth-order valence-electron chi connectivity index (χ4n) is 1.05. The first-order chi connectivity index (χ1) is 6.77. The maximum atomic E-state index is 9.33. The van der Waals surface area contributed by atoms with Gasteiger partial charge in [0.25, 0.3) is 0 Å². The van der Waals surface area contributed by atoms with Gasteiger partial charge in [-0.2, -0.15) is 0 Å². The van der Waals surface area contributed by atoms with E-state index in [1.54, 1.807) is 18.2 Å². The van der Waals surface area contributed by atoms with Crippen molar-refractivity contribution in [3.8, 4) is 11.5 Å². The number of benzene rings is 1. The zero-order chi connectivity index (χ0) is 10.4. The van der Waals surface area contributed by atoms with Gasteiger partial charge in [-0.15, -0.1) is 0 Å². The van der Waals surface area contributed by atoms with Crippen molar-refractivity contribution in [2.24, 2.45) is 0 Å². The van der Waals surface area contributed by atoms with E-state index in [2.05, 4.69) is 0 Å². The molecule has 0 heterocycles. The molecule has 1 rings (SSSR count). The molecule has 0 fully saturated rings. The molecule has 1 aromatic carbocycles. The molecule has 0 spiro atoms. The van der Waals surface area contributed by atoms with Gasteiger partial charge in [0.15, 0.2) is 0 Å². The van der Waals surface area contributed by atoms with Crippen LogP contribution >= 0.6 is 0 Å². The van der Waals surface area contributed by atoms with E-state index >= 15 is 0 Å². The molecule has 3 nitrogen and oxygen atoms in total. The first-order valence-electron chi connectivity index (χ1n) is 4.18. The molecule has 0 unspecified atom stereocenters. The molecule has 2 radical (unpaired) electrons. The Morgan fingerprint density at radius 2 is 2.29 bits per heavy atom. The van der Waals surface area contributed by atoms with Gasteiger partial charge in [-0.3, -0.25) is 0 Å². The number of aromatic hydroxyl groups is 1. The van der Waals surface area contributed by atoms with Gasteiger partial charge in [0, 0.05) is 0 Å². The number of methoxy groups -OCH3 is 1. The van der Waals surface area contributed by atoms with E-state index in [0.717, 1.165) is 10.0 Å². The third-order valence-electron chi connectivity index (χ3n) is 1.72. The molecule has 0 atom stereocenters. The Bertz CT molecular complexity index is 323. The number of rotatable bonds is 4. The molecule has 0 amide bonds. The summed E-state index contributed by atoms with van der Waals surface area (Å²) in [5.41, 5.74) is 0.965. The standard InChI is InChI=1S/C10H11O2.H2O.Sn/c1-3-4-8-5-6-9(11)10(7-8)12-2;;/h3-7,11H,1H2,2H3;1H2;/q;;+1/p-1. The maximum absolute atomic E-state index is 9.33. The van der Waals surface area contributed by atoms with Crippen molar-refractivity contribution in [3.63, 3.8) is 0 Å². The molecule has 0 saturated carbocycles. The van der Waals surface area contributed by atoms with Crippen molar-refractivity contribution < 1.29 is 13.3 Å². The molecule has 0 bridgehead atoms. The molecular weight excluding hydrogens is 287 g/mol. The normalized spacial score (nSPS) is 10.7. The van der Waals surface area contributed by atoms with Gasteiger partial charge in [0.05, 0.1) is 0 Å². The molecular formula is C10H12O3Sn.